The van der Waals surface area contributed by atoms with Crippen molar-refractivity contribution in [1.29, 1.82) is 0 Å². The first-order chi connectivity index (χ1) is 8.43. The third-order valence-electron chi connectivity index (χ3n) is 2.90. The second-order valence-electron chi connectivity index (χ2n) is 5.03. The fourth-order valence-electron chi connectivity index (χ4n) is 1.63. The lowest BCUT2D eigenvalue weighted by molar-refractivity contribution is 0.0932. The van der Waals surface area contributed by atoms with Crippen LogP contribution in [0.4, 0.5) is 0 Å². The van der Waals surface area contributed by atoms with Gasteiger partial charge in [0.15, 0.2) is 5.78 Å². The van der Waals surface area contributed by atoms with Gasteiger partial charge in [-0.15, -0.1) is 0 Å². The number of rotatable bonds is 6. The highest BCUT2D eigenvalue weighted by Gasteiger charge is 2.23. The van der Waals surface area contributed by atoms with Crippen molar-refractivity contribution in [3.05, 3.63) is 23.8 Å². The highest BCUT2D eigenvalue weighted by molar-refractivity contribution is 5.99. The summed E-state index contributed by atoms with van der Waals surface area (Å²) in [6, 6.07) is 5.19. The molecule has 18 heavy (non-hydrogen) atoms. The summed E-state index contributed by atoms with van der Waals surface area (Å²) >= 11 is 0. The molecule has 1 rings (SSSR count). The predicted octanol–water partition coefficient (Wildman–Crippen LogP) is 2.26. The smallest absolute Gasteiger partial charge is 0.167 e. The minimum absolute atomic E-state index is 0.0324. The Labute approximate surface area is 108 Å². The van der Waals surface area contributed by atoms with Gasteiger partial charge in [-0.05, 0) is 24.1 Å². The molecule has 0 aliphatic rings. The van der Waals surface area contributed by atoms with Gasteiger partial charge in [0.1, 0.15) is 11.5 Å². The molecule has 0 saturated heterocycles. The van der Waals surface area contributed by atoms with Crippen LogP contribution in [0.1, 0.15) is 30.6 Å². The van der Waals surface area contributed by atoms with Gasteiger partial charge in [0.25, 0.3) is 0 Å². The monoisotopic (exact) mass is 251 g/mol. The molecule has 0 aliphatic carbocycles. The average Bonchev–Trinajstić information content (AvgIpc) is 2.37. The maximum Gasteiger partial charge on any atom is 0.167 e. The summed E-state index contributed by atoms with van der Waals surface area (Å²) in [4.78, 5) is 12.2. The fraction of sp³-hybridized carbons (Fsp3) is 0.500. The number of hydrogen-bond acceptors (Lipinski definition) is 4. The van der Waals surface area contributed by atoms with Crippen molar-refractivity contribution >= 4 is 5.78 Å². The van der Waals surface area contributed by atoms with E-state index in [9.17, 15) is 4.79 Å². The third-order valence-corrected chi connectivity index (χ3v) is 2.90. The Morgan fingerprint density at radius 1 is 1.28 bits per heavy atom. The van der Waals surface area contributed by atoms with Crippen molar-refractivity contribution in [2.45, 2.75) is 20.3 Å². The van der Waals surface area contributed by atoms with E-state index in [1.54, 1.807) is 32.4 Å². The van der Waals surface area contributed by atoms with Crippen LogP contribution >= 0.6 is 0 Å². The van der Waals surface area contributed by atoms with Gasteiger partial charge in [-0.3, -0.25) is 4.79 Å². The number of carbonyl (C=O) groups is 1. The van der Waals surface area contributed by atoms with E-state index < -0.39 is 0 Å². The van der Waals surface area contributed by atoms with Crippen molar-refractivity contribution in [2.75, 3.05) is 20.8 Å². The first kappa shape index (κ1) is 14.5. The lowest BCUT2D eigenvalue weighted by atomic mass is 9.85. The average molecular weight is 251 g/mol. The number of carbonyl (C=O) groups excluding carboxylic acids is 1. The van der Waals surface area contributed by atoms with Gasteiger partial charge in [0.2, 0.25) is 0 Å². The van der Waals surface area contributed by atoms with Crippen LogP contribution in [0.3, 0.4) is 0 Å². The van der Waals surface area contributed by atoms with Crippen molar-refractivity contribution in [3.8, 4) is 11.5 Å². The van der Waals surface area contributed by atoms with Gasteiger partial charge in [-0.25, -0.2) is 0 Å². The van der Waals surface area contributed by atoms with Gasteiger partial charge in [0, 0.05) is 12.5 Å². The van der Waals surface area contributed by atoms with E-state index in [0.29, 0.717) is 30.0 Å². The van der Waals surface area contributed by atoms with Gasteiger partial charge in [0.05, 0.1) is 19.8 Å². The molecule has 0 fully saturated rings. The summed E-state index contributed by atoms with van der Waals surface area (Å²) in [5, 5.41) is 0. The molecule has 100 valence electrons. The van der Waals surface area contributed by atoms with E-state index in [1.165, 1.54) is 0 Å². The number of methoxy groups -OCH3 is 2. The molecule has 0 spiro atoms. The number of ketones is 1. The van der Waals surface area contributed by atoms with Crippen molar-refractivity contribution < 1.29 is 14.3 Å². The van der Waals surface area contributed by atoms with Gasteiger partial charge >= 0.3 is 0 Å². The Bertz CT molecular complexity index is 427. The second-order valence-corrected chi connectivity index (χ2v) is 5.03. The van der Waals surface area contributed by atoms with Crippen LogP contribution in [-0.2, 0) is 0 Å². The SMILES string of the molecule is COc1ccc(C(=O)CC(C)(C)CN)c(OC)c1. The molecule has 0 saturated carbocycles. The molecule has 0 aromatic heterocycles. The number of benzene rings is 1. The van der Waals surface area contributed by atoms with E-state index in [-0.39, 0.29) is 11.2 Å². The molecule has 0 aliphatic heterocycles. The van der Waals surface area contributed by atoms with E-state index >= 15 is 0 Å². The zero-order valence-electron chi connectivity index (χ0n) is 11.4. The molecular weight excluding hydrogens is 230 g/mol. The Kier molecular flexibility index (Phi) is 4.73. The van der Waals surface area contributed by atoms with Crippen LogP contribution in [-0.4, -0.2) is 26.5 Å². The molecule has 1 aromatic carbocycles. The van der Waals surface area contributed by atoms with E-state index in [4.69, 9.17) is 15.2 Å². The van der Waals surface area contributed by atoms with Crippen LogP contribution in [0.25, 0.3) is 0 Å². The highest BCUT2D eigenvalue weighted by atomic mass is 16.5. The standard InChI is InChI=1S/C14H21NO3/c1-14(2,9-15)8-12(16)11-6-5-10(17-3)7-13(11)18-4/h5-7H,8-9,15H2,1-4H3. The summed E-state index contributed by atoms with van der Waals surface area (Å²) < 4.78 is 10.3. The summed E-state index contributed by atoms with van der Waals surface area (Å²) in [7, 11) is 3.12. The molecular formula is C14H21NO3. The molecule has 4 nitrogen and oxygen atoms in total. The summed E-state index contributed by atoms with van der Waals surface area (Å²) in [6.07, 6.45) is 0.395. The fourth-order valence-corrected chi connectivity index (χ4v) is 1.63. The van der Waals surface area contributed by atoms with Crippen LogP contribution in [0, 0.1) is 5.41 Å². The molecule has 1 aromatic rings. The van der Waals surface area contributed by atoms with E-state index in [0.717, 1.165) is 0 Å². The lowest BCUT2D eigenvalue weighted by Gasteiger charge is -2.21. The van der Waals surface area contributed by atoms with E-state index in [1.807, 2.05) is 13.8 Å². The second kappa shape index (κ2) is 5.87. The molecule has 4 heteroatoms. The van der Waals surface area contributed by atoms with Crippen molar-refractivity contribution in [2.24, 2.45) is 11.1 Å². The zero-order chi connectivity index (χ0) is 13.8. The maximum absolute atomic E-state index is 12.2. The topological polar surface area (TPSA) is 61.5 Å². The lowest BCUT2D eigenvalue weighted by Crippen LogP contribution is -2.26. The Morgan fingerprint density at radius 2 is 1.94 bits per heavy atom. The van der Waals surface area contributed by atoms with E-state index in [2.05, 4.69) is 0 Å². The predicted molar refractivity (Wildman–Crippen MR) is 71.3 cm³/mol. The normalized spacial score (nSPS) is 11.2. The zero-order valence-corrected chi connectivity index (χ0v) is 11.4. The summed E-state index contributed by atoms with van der Waals surface area (Å²) in [5.41, 5.74) is 6.01. The summed E-state index contributed by atoms with van der Waals surface area (Å²) in [5.74, 6) is 1.23. The maximum atomic E-state index is 12.2. The molecule has 0 atom stereocenters. The number of hydrogen-bond donors (Lipinski definition) is 1. The van der Waals surface area contributed by atoms with Crippen LogP contribution in [0.5, 0.6) is 11.5 Å². The van der Waals surface area contributed by atoms with Gasteiger partial charge in [-0.1, -0.05) is 13.8 Å². The minimum atomic E-state index is -0.206. The van der Waals surface area contributed by atoms with Crippen LogP contribution in [0.2, 0.25) is 0 Å². The Balaban J connectivity index is 2.99. The van der Waals surface area contributed by atoms with Crippen LogP contribution < -0.4 is 15.2 Å². The molecule has 0 heterocycles. The highest BCUT2D eigenvalue weighted by Crippen LogP contribution is 2.29. The first-order valence-corrected chi connectivity index (χ1v) is 5.89. The van der Waals surface area contributed by atoms with Gasteiger partial charge in [-0.2, -0.15) is 0 Å². The molecule has 0 radical (unpaired) electrons. The number of ether oxygens (including phenoxy) is 2. The third kappa shape index (κ3) is 3.47. The number of nitrogens with two attached hydrogens (primary N) is 1. The molecule has 0 amide bonds. The van der Waals surface area contributed by atoms with Gasteiger partial charge < -0.3 is 15.2 Å². The Hall–Kier alpha value is -1.55. The number of Topliss-reactive ketones (excluding diaryl/α,β-unsaturated/α-hetero) is 1. The summed E-state index contributed by atoms with van der Waals surface area (Å²) in [6.45, 7) is 4.42. The molecule has 0 unspecified atom stereocenters. The van der Waals surface area contributed by atoms with Crippen LogP contribution in [0.15, 0.2) is 18.2 Å². The molecule has 2 N–H and O–H groups in total. The Morgan fingerprint density at radius 3 is 2.44 bits per heavy atom. The van der Waals surface area contributed by atoms with Crippen molar-refractivity contribution in [1.82, 2.24) is 0 Å². The minimum Gasteiger partial charge on any atom is -0.497 e. The van der Waals surface area contributed by atoms with Crippen molar-refractivity contribution in [3.63, 3.8) is 0 Å². The molecule has 0 bridgehead atoms. The largest absolute Gasteiger partial charge is 0.497 e. The quantitative estimate of drug-likeness (QED) is 0.788. The first-order valence-electron chi connectivity index (χ1n) is 5.89.